The summed E-state index contributed by atoms with van der Waals surface area (Å²) in [6.07, 6.45) is 1.71. The Bertz CT molecular complexity index is 1050. The van der Waals surface area contributed by atoms with Crippen molar-refractivity contribution < 1.29 is 22.5 Å². The van der Waals surface area contributed by atoms with Gasteiger partial charge in [0.2, 0.25) is 5.82 Å². The number of aromatic hydroxyl groups is 1. The molecule has 5 nitrogen and oxygen atoms in total. The third-order valence-electron chi connectivity index (χ3n) is 3.73. The van der Waals surface area contributed by atoms with Gasteiger partial charge in [-0.2, -0.15) is 0 Å². The van der Waals surface area contributed by atoms with Crippen LogP contribution in [0.15, 0.2) is 66.9 Å². The smallest absolute Gasteiger partial charge is 0.286 e. The summed E-state index contributed by atoms with van der Waals surface area (Å²) in [5.74, 6) is 1.00. The monoisotopic (exact) mass is 384 g/mol. The van der Waals surface area contributed by atoms with Gasteiger partial charge in [-0.05, 0) is 48.5 Å². The Kier molecular flexibility index (Phi) is 5.21. The summed E-state index contributed by atoms with van der Waals surface area (Å²) in [6.45, 7) is 0. The van der Waals surface area contributed by atoms with Gasteiger partial charge >= 0.3 is 0 Å². The number of hydrogen-bond donors (Lipinski definition) is 2. The van der Waals surface area contributed by atoms with Crippen molar-refractivity contribution in [1.82, 2.24) is 9.97 Å². The molecular weight excluding hydrogens is 371 g/mol. The van der Waals surface area contributed by atoms with Crippen LogP contribution in [0.5, 0.6) is 5.75 Å². The second-order valence-corrected chi connectivity index (χ2v) is 5.98. The van der Waals surface area contributed by atoms with Crippen molar-refractivity contribution in [2.24, 2.45) is 0 Å². The summed E-state index contributed by atoms with van der Waals surface area (Å²) in [4.78, 5) is 12.3. The fourth-order valence-electron chi connectivity index (χ4n) is 2.51. The third-order valence-corrected chi connectivity index (χ3v) is 3.96. The largest absolute Gasteiger partial charge is 1.00 e. The molecular formula is C19H14Cl2N4O. The molecule has 0 atom stereocenters. The number of H-pyrrole nitrogens is 1. The molecule has 0 bridgehead atoms. The number of benzene rings is 2. The first kappa shape index (κ1) is 17.9. The van der Waals surface area contributed by atoms with Crippen LogP contribution in [0.3, 0.4) is 0 Å². The highest BCUT2D eigenvalue weighted by Gasteiger charge is 2.11. The van der Waals surface area contributed by atoms with Crippen LogP contribution in [0.2, 0.25) is 5.02 Å². The van der Waals surface area contributed by atoms with E-state index in [1.54, 1.807) is 30.5 Å². The number of phenolic OH excluding ortho intramolecular Hbond substituents is 1. The second kappa shape index (κ2) is 7.56. The number of aromatic amines is 1. The van der Waals surface area contributed by atoms with E-state index in [2.05, 4.69) is 20.3 Å². The van der Waals surface area contributed by atoms with Gasteiger partial charge < -0.3 is 17.5 Å². The molecule has 7 heteroatoms. The predicted octanol–water partition coefficient (Wildman–Crippen LogP) is 1.22. The molecule has 2 aromatic carbocycles. The summed E-state index contributed by atoms with van der Waals surface area (Å²) >= 11 is 6.02. The first-order valence-electron chi connectivity index (χ1n) is 7.68. The van der Waals surface area contributed by atoms with Crippen molar-refractivity contribution in [3.8, 4) is 17.0 Å². The van der Waals surface area contributed by atoms with Gasteiger partial charge in [-0.15, -0.1) is 0 Å². The van der Waals surface area contributed by atoms with E-state index < -0.39 is 0 Å². The van der Waals surface area contributed by atoms with Crippen LogP contribution in [0, 0.1) is 0 Å². The minimum Gasteiger partial charge on any atom is -1.00 e. The number of hydrogen-bond acceptors (Lipinski definition) is 4. The summed E-state index contributed by atoms with van der Waals surface area (Å²) in [5, 5.41) is 13.3. The van der Waals surface area contributed by atoms with Crippen molar-refractivity contribution >= 4 is 34.3 Å². The van der Waals surface area contributed by atoms with Crippen LogP contribution < -0.4 is 22.7 Å². The number of fused-ring (bicyclic) bond motifs is 1. The Morgan fingerprint density at radius 1 is 1.00 bits per heavy atom. The number of pyridine rings is 1. The number of halogens is 2. The van der Waals surface area contributed by atoms with Crippen LogP contribution in [0.25, 0.3) is 22.4 Å². The Morgan fingerprint density at radius 2 is 1.81 bits per heavy atom. The van der Waals surface area contributed by atoms with Gasteiger partial charge in [0.05, 0.1) is 11.9 Å². The highest BCUT2D eigenvalue weighted by Crippen LogP contribution is 2.22. The molecule has 0 aliphatic heterocycles. The average Bonchev–Trinajstić information content (AvgIpc) is 2.62. The highest BCUT2D eigenvalue weighted by molar-refractivity contribution is 6.30. The summed E-state index contributed by atoms with van der Waals surface area (Å²) in [6, 6.07) is 18.1. The topological polar surface area (TPSA) is 72.2 Å². The van der Waals surface area contributed by atoms with Gasteiger partial charge in [0.15, 0.2) is 5.69 Å². The number of anilines is 2. The second-order valence-electron chi connectivity index (χ2n) is 5.54. The lowest BCUT2D eigenvalue weighted by Gasteiger charge is -2.03. The number of nitrogens with zero attached hydrogens (tertiary/aromatic N) is 2. The van der Waals surface area contributed by atoms with E-state index in [9.17, 15) is 5.11 Å². The van der Waals surface area contributed by atoms with Crippen molar-refractivity contribution in [2.45, 2.75) is 0 Å². The first-order valence-corrected chi connectivity index (χ1v) is 8.06. The number of rotatable bonds is 3. The van der Waals surface area contributed by atoms with E-state index in [4.69, 9.17) is 11.6 Å². The van der Waals surface area contributed by atoms with Crippen LogP contribution in [0.1, 0.15) is 0 Å². The molecule has 0 aliphatic carbocycles. The average molecular weight is 385 g/mol. The van der Waals surface area contributed by atoms with Crippen LogP contribution in [-0.4, -0.2) is 15.1 Å². The summed E-state index contributed by atoms with van der Waals surface area (Å²) < 4.78 is 0. The van der Waals surface area contributed by atoms with E-state index >= 15 is 0 Å². The van der Waals surface area contributed by atoms with Gasteiger partial charge in [0.1, 0.15) is 11.3 Å². The zero-order chi connectivity index (χ0) is 17.2. The minimum absolute atomic E-state index is 0. The lowest BCUT2D eigenvalue weighted by atomic mass is 10.1. The van der Waals surface area contributed by atoms with Gasteiger partial charge in [0.25, 0.3) is 5.65 Å². The van der Waals surface area contributed by atoms with Gasteiger partial charge in [-0.25, -0.2) is 9.97 Å². The summed E-state index contributed by atoms with van der Waals surface area (Å²) in [7, 11) is 0. The summed E-state index contributed by atoms with van der Waals surface area (Å²) in [5.41, 5.74) is 3.92. The van der Waals surface area contributed by atoms with E-state index in [1.807, 2.05) is 36.4 Å². The van der Waals surface area contributed by atoms with Gasteiger partial charge in [-0.3, -0.25) is 5.32 Å². The first-order chi connectivity index (χ1) is 12.2. The van der Waals surface area contributed by atoms with Gasteiger partial charge in [-0.1, -0.05) is 22.7 Å². The fourth-order valence-corrected chi connectivity index (χ4v) is 2.70. The zero-order valence-electron chi connectivity index (χ0n) is 13.4. The van der Waals surface area contributed by atoms with Crippen LogP contribution in [0.4, 0.5) is 11.5 Å². The maximum Gasteiger partial charge on any atom is 0.286 e. The minimum atomic E-state index is 0. The van der Waals surface area contributed by atoms with E-state index in [1.165, 1.54) is 0 Å². The molecule has 2 aromatic heterocycles. The van der Waals surface area contributed by atoms with Crippen LogP contribution >= 0.6 is 11.6 Å². The van der Waals surface area contributed by atoms with Crippen molar-refractivity contribution in [3.05, 3.63) is 71.9 Å². The van der Waals surface area contributed by atoms with E-state index in [0.717, 1.165) is 28.3 Å². The molecule has 3 N–H and O–H groups in total. The van der Waals surface area contributed by atoms with Crippen molar-refractivity contribution in [1.29, 1.82) is 0 Å². The normalized spacial score (nSPS) is 10.3. The highest BCUT2D eigenvalue weighted by atomic mass is 35.5. The maximum absolute atomic E-state index is 9.41. The van der Waals surface area contributed by atoms with E-state index in [0.29, 0.717) is 10.7 Å². The quantitative estimate of drug-likeness (QED) is 0.556. The molecule has 26 heavy (non-hydrogen) atoms. The lowest BCUT2D eigenvalue weighted by Crippen LogP contribution is -3.00. The molecule has 0 unspecified atom stereocenters. The Hall–Kier alpha value is -2.89. The molecule has 0 spiro atoms. The molecule has 2 heterocycles. The van der Waals surface area contributed by atoms with Crippen molar-refractivity contribution in [2.75, 3.05) is 5.32 Å². The maximum atomic E-state index is 9.41. The van der Waals surface area contributed by atoms with Gasteiger partial charge in [0, 0.05) is 16.7 Å². The molecule has 0 aliphatic rings. The molecule has 0 amide bonds. The van der Waals surface area contributed by atoms with Crippen LogP contribution in [-0.2, 0) is 0 Å². The molecule has 0 fully saturated rings. The third kappa shape index (κ3) is 3.85. The molecule has 0 saturated heterocycles. The molecule has 0 radical (unpaired) electrons. The van der Waals surface area contributed by atoms with Crippen molar-refractivity contribution in [3.63, 3.8) is 0 Å². The fraction of sp³-hybridized carbons (Fsp3) is 0. The predicted molar refractivity (Wildman–Crippen MR) is 97.9 cm³/mol. The molecule has 4 aromatic rings. The Balaban J connectivity index is 0.00000196. The molecule has 130 valence electrons. The van der Waals surface area contributed by atoms with E-state index in [-0.39, 0.29) is 18.2 Å². The number of phenols is 1. The Labute approximate surface area is 161 Å². The Morgan fingerprint density at radius 3 is 2.58 bits per heavy atom. The standard InChI is InChI=1S/C19H13ClN4O.ClH/c20-13-2-1-3-14(10-13)22-18-9-8-16-19(24-18)23-17(11-21-16)12-4-6-15(25)7-5-12;/h1-11,25H,(H,22,23,24);1H. The molecule has 0 saturated carbocycles. The number of aromatic nitrogens is 3. The number of nitrogens with one attached hydrogen (secondary N) is 2. The SMILES string of the molecule is Oc1ccc(-c2cnc3ccc(Nc4cccc(Cl)c4)[nH+]c3n2)cc1.[Cl-]. The zero-order valence-corrected chi connectivity index (χ0v) is 15.0. The molecule has 4 rings (SSSR count). The lowest BCUT2D eigenvalue weighted by molar-refractivity contribution is -0.330.